The second-order valence-corrected chi connectivity index (χ2v) is 5.98. The zero-order chi connectivity index (χ0) is 14.5. The van der Waals surface area contributed by atoms with Crippen LogP contribution in [0.25, 0.3) is 0 Å². The molecule has 0 heterocycles. The average Bonchev–Trinajstić information content (AvgIpc) is 2.40. The summed E-state index contributed by atoms with van der Waals surface area (Å²) in [4.78, 5) is 2.40. The number of rotatable bonds is 7. The van der Waals surface area contributed by atoms with Crippen molar-refractivity contribution < 1.29 is 4.74 Å². The van der Waals surface area contributed by atoms with E-state index < -0.39 is 0 Å². The lowest BCUT2D eigenvalue weighted by Crippen LogP contribution is -2.38. The van der Waals surface area contributed by atoms with Gasteiger partial charge in [0.05, 0.1) is 7.11 Å². The van der Waals surface area contributed by atoms with Gasteiger partial charge in [-0.2, -0.15) is 0 Å². The number of nitrogens with zero attached hydrogens (tertiary/aromatic N) is 1. The van der Waals surface area contributed by atoms with E-state index in [1.54, 1.807) is 7.11 Å². The second kappa shape index (κ2) is 6.92. The Morgan fingerprint density at radius 2 is 1.84 bits per heavy atom. The van der Waals surface area contributed by atoms with Crippen molar-refractivity contribution in [3.8, 4) is 5.75 Å². The van der Waals surface area contributed by atoms with Gasteiger partial charge in [0.1, 0.15) is 5.75 Å². The lowest BCUT2D eigenvalue weighted by Gasteiger charge is -2.34. The molecule has 1 aromatic rings. The van der Waals surface area contributed by atoms with E-state index in [4.69, 9.17) is 10.5 Å². The molecular weight excluding hydrogens is 236 g/mol. The number of nitrogens with two attached hydrogens (primary N) is 1. The summed E-state index contributed by atoms with van der Waals surface area (Å²) in [7, 11) is 3.87. The van der Waals surface area contributed by atoms with Crippen molar-refractivity contribution in [3.63, 3.8) is 0 Å². The first-order chi connectivity index (χ1) is 8.93. The van der Waals surface area contributed by atoms with E-state index in [9.17, 15) is 0 Å². The SMILES string of the molecule is CCC(c1ccc(OC)cc1)N(C)CC(C)(C)CN. The maximum absolute atomic E-state index is 5.83. The van der Waals surface area contributed by atoms with Crippen LogP contribution in [0.1, 0.15) is 38.8 Å². The van der Waals surface area contributed by atoms with Crippen molar-refractivity contribution in [2.24, 2.45) is 11.1 Å². The molecule has 3 nitrogen and oxygen atoms in total. The van der Waals surface area contributed by atoms with Crippen molar-refractivity contribution in [3.05, 3.63) is 29.8 Å². The van der Waals surface area contributed by atoms with Gasteiger partial charge in [-0.15, -0.1) is 0 Å². The minimum Gasteiger partial charge on any atom is -0.497 e. The van der Waals surface area contributed by atoms with Crippen molar-refractivity contribution in [2.45, 2.75) is 33.2 Å². The van der Waals surface area contributed by atoms with Crippen molar-refractivity contribution in [1.29, 1.82) is 0 Å². The Bertz CT molecular complexity index is 373. The lowest BCUT2D eigenvalue weighted by molar-refractivity contribution is 0.161. The van der Waals surface area contributed by atoms with Crippen molar-refractivity contribution in [1.82, 2.24) is 4.90 Å². The quantitative estimate of drug-likeness (QED) is 0.822. The summed E-state index contributed by atoms with van der Waals surface area (Å²) in [5.41, 5.74) is 7.31. The van der Waals surface area contributed by atoms with Crippen LogP contribution in [0.2, 0.25) is 0 Å². The van der Waals surface area contributed by atoms with Gasteiger partial charge in [0.25, 0.3) is 0 Å². The molecular formula is C16H28N2O. The molecule has 2 N–H and O–H groups in total. The van der Waals surface area contributed by atoms with E-state index in [0.717, 1.165) is 18.7 Å². The summed E-state index contributed by atoms with van der Waals surface area (Å²) in [6.45, 7) is 8.35. The number of hydrogen-bond donors (Lipinski definition) is 1. The predicted octanol–water partition coefficient (Wildman–Crippen LogP) is 3.06. The van der Waals surface area contributed by atoms with Gasteiger partial charge in [0.15, 0.2) is 0 Å². The fraction of sp³-hybridized carbons (Fsp3) is 0.625. The number of ether oxygens (including phenoxy) is 1. The summed E-state index contributed by atoms with van der Waals surface area (Å²) in [6, 6.07) is 8.79. The van der Waals surface area contributed by atoms with Gasteiger partial charge in [0.2, 0.25) is 0 Å². The van der Waals surface area contributed by atoms with E-state index in [2.05, 4.69) is 44.9 Å². The van der Waals surface area contributed by atoms with Gasteiger partial charge in [-0.25, -0.2) is 0 Å². The first-order valence-corrected chi connectivity index (χ1v) is 6.97. The molecule has 0 bridgehead atoms. The molecule has 19 heavy (non-hydrogen) atoms. The minimum absolute atomic E-state index is 0.147. The van der Waals surface area contributed by atoms with Crippen LogP contribution in [-0.2, 0) is 0 Å². The Morgan fingerprint density at radius 3 is 2.26 bits per heavy atom. The smallest absolute Gasteiger partial charge is 0.118 e. The topological polar surface area (TPSA) is 38.5 Å². The third kappa shape index (κ3) is 4.51. The molecule has 0 spiro atoms. The van der Waals surface area contributed by atoms with Crippen LogP contribution in [0, 0.1) is 5.41 Å². The molecule has 1 aromatic carbocycles. The fourth-order valence-electron chi connectivity index (χ4n) is 2.48. The maximum atomic E-state index is 5.83. The molecule has 1 atom stereocenters. The number of benzene rings is 1. The average molecular weight is 264 g/mol. The molecule has 0 fully saturated rings. The summed E-state index contributed by atoms with van der Waals surface area (Å²) >= 11 is 0. The Morgan fingerprint density at radius 1 is 1.26 bits per heavy atom. The molecule has 0 aliphatic carbocycles. The maximum Gasteiger partial charge on any atom is 0.118 e. The Kier molecular flexibility index (Phi) is 5.83. The second-order valence-electron chi connectivity index (χ2n) is 5.98. The first-order valence-electron chi connectivity index (χ1n) is 6.97. The molecule has 0 amide bonds. The van der Waals surface area contributed by atoms with Gasteiger partial charge >= 0.3 is 0 Å². The lowest BCUT2D eigenvalue weighted by atomic mass is 9.91. The number of hydrogen-bond acceptors (Lipinski definition) is 3. The van der Waals surface area contributed by atoms with E-state index in [-0.39, 0.29) is 5.41 Å². The molecule has 0 aliphatic rings. The monoisotopic (exact) mass is 264 g/mol. The van der Waals surface area contributed by atoms with Gasteiger partial charge < -0.3 is 10.5 Å². The molecule has 0 aromatic heterocycles. The van der Waals surface area contributed by atoms with Gasteiger partial charge in [-0.1, -0.05) is 32.9 Å². The molecule has 1 rings (SSSR count). The third-order valence-electron chi connectivity index (χ3n) is 3.65. The normalized spacial score (nSPS) is 13.6. The van der Waals surface area contributed by atoms with Gasteiger partial charge in [-0.3, -0.25) is 4.90 Å². The van der Waals surface area contributed by atoms with E-state index in [0.29, 0.717) is 12.6 Å². The summed E-state index contributed by atoms with van der Waals surface area (Å²) in [5, 5.41) is 0. The third-order valence-corrected chi connectivity index (χ3v) is 3.65. The van der Waals surface area contributed by atoms with Crippen LogP contribution < -0.4 is 10.5 Å². The summed E-state index contributed by atoms with van der Waals surface area (Å²) in [6.07, 6.45) is 1.09. The fourth-order valence-corrected chi connectivity index (χ4v) is 2.48. The highest BCUT2D eigenvalue weighted by Crippen LogP contribution is 2.27. The van der Waals surface area contributed by atoms with Crippen LogP contribution in [0.5, 0.6) is 5.75 Å². The standard InChI is InChI=1S/C16H28N2O/c1-6-15(18(4)12-16(2,3)11-17)13-7-9-14(19-5)10-8-13/h7-10,15H,6,11-12,17H2,1-5H3. The largest absolute Gasteiger partial charge is 0.497 e. The molecule has 3 heteroatoms. The molecule has 0 saturated carbocycles. The van der Waals surface area contributed by atoms with Crippen LogP contribution in [0.15, 0.2) is 24.3 Å². The first kappa shape index (κ1) is 16.0. The Hall–Kier alpha value is -1.06. The highest BCUT2D eigenvalue weighted by molar-refractivity contribution is 5.29. The van der Waals surface area contributed by atoms with Crippen LogP contribution in [0.4, 0.5) is 0 Å². The number of methoxy groups -OCH3 is 1. The molecule has 108 valence electrons. The van der Waals surface area contributed by atoms with Gasteiger partial charge in [-0.05, 0) is 43.1 Å². The Labute approximate surface area is 117 Å². The molecule has 0 saturated heterocycles. The molecule has 1 unspecified atom stereocenters. The van der Waals surface area contributed by atoms with E-state index in [1.165, 1.54) is 5.56 Å². The predicted molar refractivity (Wildman–Crippen MR) is 81.5 cm³/mol. The van der Waals surface area contributed by atoms with Crippen LogP contribution >= 0.6 is 0 Å². The summed E-state index contributed by atoms with van der Waals surface area (Å²) < 4.78 is 5.21. The zero-order valence-corrected chi connectivity index (χ0v) is 12.9. The van der Waals surface area contributed by atoms with Crippen molar-refractivity contribution >= 4 is 0 Å². The zero-order valence-electron chi connectivity index (χ0n) is 12.9. The minimum atomic E-state index is 0.147. The van der Waals surface area contributed by atoms with Gasteiger partial charge in [0, 0.05) is 12.6 Å². The Balaban J connectivity index is 2.81. The molecule has 0 radical (unpaired) electrons. The van der Waals surface area contributed by atoms with Crippen LogP contribution in [-0.4, -0.2) is 32.1 Å². The highest BCUT2D eigenvalue weighted by Gasteiger charge is 2.23. The van der Waals surface area contributed by atoms with Crippen molar-refractivity contribution in [2.75, 3.05) is 27.2 Å². The highest BCUT2D eigenvalue weighted by atomic mass is 16.5. The van der Waals surface area contributed by atoms with E-state index in [1.807, 2.05) is 12.1 Å². The van der Waals surface area contributed by atoms with E-state index >= 15 is 0 Å². The van der Waals surface area contributed by atoms with Crippen LogP contribution in [0.3, 0.4) is 0 Å². The summed E-state index contributed by atoms with van der Waals surface area (Å²) in [5.74, 6) is 0.906. The molecule has 0 aliphatic heterocycles.